The second-order valence-electron chi connectivity index (χ2n) is 7.22. The maximum atomic E-state index is 12.3. The number of ketones is 1. The highest BCUT2D eigenvalue weighted by atomic mass is 79.9. The minimum atomic E-state index is -1.10. The molecule has 0 aliphatic carbocycles. The second kappa shape index (κ2) is 8.47. The average Bonchev–Trinajstić information content (AvgIpc) is 2.44. The number of ether oxygens (including phenoxy) is 1. The molecule has 1 aromatic carbocycles. The van der Waals surface area contributed by atoms with E-state index < -0.39 is 23.1 Å². The Morgan fingerprint density at radius 1 is 1.00 bits per heavy atom. The summed E-state index contributed by atoms with van der Waals surface area (Å²) in [5.74, 6) is -0.680. The molecule has 0 saturated carbocycles. The molecule has 2 amide bonds. The molecule has 2 N–H and O–H groups in total. The molecule has 138 valence electrons. The highest BCUT2D eigenvalue weighted by Crippen LogP contribution is 2.15. The number of nitrogens with one attached hydrogen (secondary N) is 2. The van der Waals surface area contributed by atoms with Crippen molar-refractivity contribution in [3.8, 4) is 0 Å². The van der Waals surface area contributed by atoms with Crippen molar-refractivity contribution in [3.05, 3.63) is 28.7 Å². The van der Waals surface area contributed by atoms with E-state index in [1.165, 1.54) is 0 Å². The third-order valence-electron chi connectivity index (χ3n) is 3.20. The van der Waals surface area contributed by atoms with Gasteiger partial charge in [-0.15, -0.1) is 0 Å². The fourth-order valence-electron chi connectivity index (χ4n) is 1.97. The van der Waals surface area contributed by atoms with E-state index >= 15 is 0 Å². The van der Waals surface area contributed by atoms with Crippen molar-refractivity contribution in [1.82, 2.24) is 5.32 Å². The van der Waals surface area contributed by atoms with Crippen LogP contribution in [-0.4, -0.2) is 28.9 Å². The summed E-state index contributed by atoms with van der Waals surface area (Å²) in [5.41, 5.74) is -1.07. The molecule has 0 aliphatic heterocycles. The van der Waals surface area contributed by atoms with Gasteiger partial charge >= 0.3 is 12.0 Å². The van der Waals surface area contributed by atoms with Gasteiger partial charge in [0.15, 0.2) is 5.78 Å². The number of amides is 2. The largest absolute Gasteiger partial charge is 0.460 e. The summed E-state index contributed by atoms with van der Waals surface area (Å²) in [5, 5.41) is 5.29. The quantitative estimate of drug-likeness (QED) is 0.690. The molecule has 0 spiro atoms. The molecule has 0 unspecified atom stereocenters. The number of carbonyl (C=O) groups excluding carboxylic acids is 3. The van der Waals surface area contributed by atoms with E-state index in [2.05, 4.69) is 26.6 Å². The van der Waals surface area contributed by atoms with E-state index in [1.807, 2.05) is 0 Å². The topological polar surface area (TPSA) is 84.5 Å². The molecule has 6 nitrogen and oxygen atoms in total. The highest BCUT2D eigenvalue weighted by Gasteiger charge is 2.30. The smallest absolute Gasteiger partial charge is 0.320 e. The van der Waals surface area contributed by atoms with Gasteiger partial charge in [0.25, 0.3) is 0 Å². The average molecular weight is 413 g/mol. The van der Waals surface area contributed by atoms with E-state index in [1.54, 1.807) is 58.9 Å². The Labute approximate surface area is 156 Å². The van der Waals surface area contributed by atoms with Crippen molar-refractivity contribution < 1.29 is 19.1 Å². The Morgan fingerprint density at radius 3 is 2.08 bits per heavy atom. The van der Waals surface area contributed by atoms with Gasteiger partial charge in [0.05, 0.1) is 12.0 Å². The molecule has 1 aromatic rings. The van der Waals surface area contributed by atoms with Crippen LogP contribution in [0.2, 0.25) is 0 Å². The molecule has 0 heterocycles. The molecule has 0 fully saturated rings. The zero-order valence-electron chi connectivity index (χ0n) is 15.2. The number of Topliss-reactive ketones (excluding diaryl/α,β-unsaturated/α-hetero) is 1. The molecule has 0 radical (unpaired) electrons. The first kappa shape index (κ1) is 21.2. The first-order valence-electron chi connectivity index (χ1n) is 7.99. The summed E-state index contributed by atoms with van der Waals surface area (Å²) in [6.07, 6.45) is -0.0178. The number of hydrogen-bond donors (Lipinski definition) is 2. The van der Waals surface area contributed by atoms with Crippen molar-refractivity contribution in [2.45, 2.75) is 58.6 Å². The monoisotopic (exact) mass is 412 g/mol. The van der Waals surface area contributed by atoms with E-state index in [0.29, 0.717) is 5.69 Å². The van der Waals surface area contributed by atoms with Crippen molar-refractivity contribution >= 4 is 39.4 Å². The van der Waals surface area contributed by atoms with E-state index in [-0.39, 0.29) is 18.6 Å². The summed E-state index contributed by atoms with van der Waals surface area (Å²) in [7, 11) is 0. The molecular formula is C18H25BrN2O4. The van der Waals surface area contributed by atoms with Gasteiger partial charge in [0.2, 0.25) is 0 Å². The Kier molecular flexibility index (Phi) is 7.17. The first-order chi connectivity index (χ1) is 11.4. The van der Waals surface area contributed by atoms with Crippen LogP contribution >= 0.6 is 15.9 Å². The molecule has 1 rings (SSSR count). The second-order valence-corrected chi connectivity index (χ2v) is 8.14. The molecule has 25 heavy (non-hydrogen) atoms. The van der Waals surface area contributed by atoms with Crippen LogP contribution in [-0.2, 0) is 14.3 Å². The van der Waals surface area contributed by atoms with Gasteiger partial charge in [-0.2, -0.15) is 0 Å². The molecule has 0 bridgehead atoms. The van der Waals surface area contributed by atoms with Crippen molar-refractivity contribution in [2.75, 3.05) is 5.32 Å². The molecular weight excluding hydrogens is 388 g/mol. The molecule has 7 heteroatoms. The molecule has 0 aliphatic rings. The lowest BCUT2D eigenvalue weighted by Gasteiger charge is -2.25. The van der Waals surface area contributed by atoms with Crippen LogP contribution in [0.25, 0.3) is 0 Å². The standard InChI is InChI=1S/C18H25BrN2O4/c1-17(2,3)25-15(23)11-10-14(22)18(4,5)21-16(24)20-13-8-6-12(19)7-9-13/h6-9H,10-11H2,1-5H3,(H2,20,21,24). The van der Waals surface area contributed by atoms with Crippen molar-refractivity contribution in [1.29, 1.82) is 0 Å². The summed E-state index contributed by atoms with van der Waals surface area (Å²) in [4.78, 5) is 36.1. The third kappa shape index (κ3) is 8.16. The maximum absolute atomic E-state index is 12.3. The third-order valence-corrected chi connectivity index (χ3v) is 3.73. The van der Waals surface area contributed by atoms with Crippen LogP contribution in [0.3, 0.4) is 0 Å². The van der Waals surface area contributed by atoms with Crippen LogP contribution in [0, 0.1) is 0 Å². The number of urea groups is 1. The normalized spacial score (nSPS) is 11.6. The lowest BCUT2D eigenvalue weighted by atomic mass is 9.95. The van der Waals surface area contributed by atoms with E-state index in [9.17, 15) is 14.4 Å². The zero-order chi connectivity index (χ0) is 19.3. The summed E-state index contributed by atoms with van der Waals surface area (Å²) >= 11 is 3.32. The van der Waals surface area contributed by atoms with Crippen molar-refractivity contribution in [2.24, 2.45) is 0 Å². The minimum absolute atomic E-state index is 0.000473. The van der Waals surface area contributed by atoms with Crippen molar-refractivity contribution in [3.63, 3.8) is 0 Å². The van der Waals surface area contributed by atoms with Gasteiger partial charge in [0, 0.05) is 16.6 Å². The predicted molar refractivity (Wildman–Crippen MR) is 100 cm³/mol. The first-order valence-corrected chi connectivity index (χ1v) is 8.78. The van der Waals surface area contributed by atoms with Crippen LogP contribution in [0.1, 0.15) is 47.5 Å². The SMILES string of the molecule is CC(C)(C)OC(=O)CCC(=O)C(C)(C)NC(=O)Nc1ccc(Br)cc1. The number of benzene rings is 1. The van der Waals surface area contributed by atoms with Gasteiger partial charge in [0.1, 0.15) is 5.60 Å². The number of anilines is 1. The minimum Gasteiger partial charge on any atom is -0.460 e. The van der Waals surface area contributed by atoms with Gasteiger partial charge < -0.3 is 15.4 Å². The van der Waals surface area contributed by atoms with Crippen LogP contribution < -0.4 is 10.6 Å². The number of rotatable bonds is 6. The number of carbonyl (C=O) groups is 3. The number of halogens is 1. The fourth-order valence-corrected chi connectivity index (χ4v) is 2.23. The van der Waals surface area contributed by atoms with Crippen LogP contribution in [0.5, 0.6) is 0 Å². The van der Waals surface area contributed by atoms with E-state index in [4.69, 9.17) is 4.74 Å². The Morgan fingerprint density at radius 2 is 1.56 bits per heavy atom. The Hall–Kier alpha value is -1.89. The van der Waals surface area contributed by atoms with Gasteiger partial charge in [-0.25, -0.2) is 4.79 Å². The summed E-state index contributed by atoms with van der Waals surface area (Å²) in [6.45, 7) is 8.51. The zero-order valence-corrected chi connectivity index (χ0v) is 16.8. The van der Waals surface area contributed by atoms with Crippen LogP contribution in [0.4, 0.5) is 10.5 Å². The van der Waals surface area contributed by atoms with Crippen LogP contribution in [0.15, 0.2) is 28.7 Å². The maximum Gasteiger partial charge on any atom is 0.320 e. The number of esters is 1. The Bertz CT molecular complexity index is 633. The molecule has 0 atom stereocenters. The number of hydrogen-bond acceptors (Lipinski definition) is 4. The molecule has 0 aromatic heterocycles. The molecule has 0 saturated heterocycles. The predicted octanol–water partition coefficient (Wildman–Crippen LogP) is 4.04. The van der Waals surface area contributed by atoms with E-state index in [0.717, 1.165) is 4.47 Å². The summed E-state index contributed by atoms with van der Waals surface area (Å²) in [6, 6.07) is 6.58. The van der Waals surface area contributed by atoms with Gasteiger partial charge in [-0.3, -0.25) is 9.59 Å². The highest BCUT2D eigenvalue weighted by molar-refractivity contribution is 9.10. The Balaban J connectivity index is 2.52. The fraction of sp³-hybridized carbons (Fsp3) is 0.500. The summed E-state index contributed by atoms with van der Waals surface area (Å²) < 4.78 is 6.08. The lowest BCUT2D eigenvalue weighted by Crippen LogP contribution is -2.51. The van der Waals surface area contributed by atoms with Gasteiger partial charge in [-0.1, -0.05) is 15.9 Å². The van der Waals surface area contributed by atoms with Gasteiger partial charge in [-0.05, 0) is 58.9 Å². The lowest BCUT2D eigenvalue weighted by molar-refractivity contribution is -0.155.